The van der Waals surface area contributed by atoms with Gasteiger partial charge in [-0.1, -0.05) is 12.1 Å². The summed E-state index contributed by atoms with van der Waals surface area (Å²) in [5.41, 5.74) is 1.49. The van der Waals surface area contributed by atoms with Crippen molar-refractivity contribution < 1.29 is 13.2 Å². The van der Waals surface area contributed by atoms with Crippen LogP contribution in [0.4, 0.5) is 0 Å². The number of nitrogens with zero attached hydrogens (tertiary/aromatic N) is 2. The SMILES string of the molecule is CN(C)C(=O)Cc1nc(-c2ccc(S(N)(=O)=O)cc2)cs1. The Morgan fingerprint density at radius 2 is 1.90 bits per heavy atom. The molecule has 1 heterocycles. The van der Waals surface area contributed by atoms with Gasteiger partial charge < -0.3 is 4.90 Å². The molecule has 0 saturated heterocycles. The van der Waals surface area contributed by atoms with Gasteiger partial charge in [0, 0.05) is 25.0 Å². The van der Waals surface area contributed by atoms with Crippen LogP contribution in [0.5, 0.6) is 0 Å². The van der Waals surface area contributed by atoms with Crippen molar-refractivity contribution in [2.45, 2.75) is 11.3 Å². The van der Waals surface area contributed by atoms with Gasteiger partial charge in [-0.15, -0.1) is 11.3 Å². The number of amides is 1. The average Bonchev–Trinajstić information content (AvgIpc) is 2.86. The molecule has 1 aromatic carbocycles. The van der Waals surface area contributed by atoms with E-state index in [2.05, 4.69) is 4.98 Å². The molecule has 0 aliphatic rings. The molecule has 0 unspecified atom stereocenters. The fourth-order valence-electron chi connectivity index (χ4n) is 1.63. The molecule has 2 aromatic rings. The van der Waals surface area contributed by atoms with E-state index in [0.717, 1.165) is 10.6 Å². The highest BCUT2D eigenvalue weighted by molar-refractivity contribution is 7.89. The predicted molar refractivity (Wildman–Crippen MR) is 81.3 cm³/mol. The first-order valence-electron chi connectivity index (χ1n) is 6.05. The number of likely N-dealkylation sites (N-methyl/N-ethyl adjacent to an activating group) is 1. The van der Waals surface area contributed by atoms with Crippen molar-refractivity contribution in [2.24, 2.45) is 5.14 Å². The van der Waals surface area contributed by atoms with Crippen LogP contribution in [0.25, 0.3) is 11.3 Å². The lowest BCUT2D eigenvalue weighted by Crippen LogP contribution is -2.23. The Hall–Kier alpha value is -1.77. The van der Waals surface area contributed by atoms with E-state index in [4.69, 9.17) is 5.14 Å². The number of hydrogen-bond acceptors (Lipinski definition) is 5. The first-order chi connectivity index (χ1) is 9.77. The number of sulfonamides is 1. The maximum absolute atomic E-state index is 11.6. The summed E-state index contributed by atoms with van der Waals surface area (Å²) in [4.78, 5) is 17.6. The molecule has 0 radical (unpaired) electrons. The summed E-state index contributed by atoms with van der Waals surface area (Å²) in [6.45, 7) is 0. The highest BCUT2D eigenvalue weighted by atomic mass is 32.2. The highest BCUT2D eigenvalue weighted by Crippen LogP contribution is 2.23. The first-order valence-corrected chi connectivity index (χ1v) is 8.48. The zero-order valence-electron chi connectivity index (χ0n) is 11.6. The van der Waals surface area contributed by atoms with Gasteiger partial charge in [-0.3, -0.25) is 4.79 Å². The maximum atomic E-state index is 11.6. The van der Waals surface area contributed by atoms with Crippen LogP contribution in [0.3, 0.4) is 0 Å². The van der Waals surface area contributed by atoms with E-state index < -0.39 is 10.0 Å². The second-order valence-corrected chi connectivity index (χ2v) is 7.16. The quantitative estimate of drug-likeness (QED) is 0.910. The Labute approximate surface area is 127 Å². The molecule has 0 fully saturated rings. The number of thiazole rings is 1. The van der Waals surface area contributed by atoms with E-state index in [1.54, 1.807) is 26.2 Å². The minimum atomic E-state index is -3.69. The van der Waals surface area contributed by atoms with E-state index in [-0.39, 0.29) is 17.2 Å². The second-order valence-electron chi connectivity index (χ2n) is 4.66. The summed E-state index contributed by atoms with van der Waals surface area (Å²) in [7, 11) is -0.295. The monoisotopic (exact) mass is 325 g/mol. The number of hydrogen-bond donors (Lipinski definition) is 1. The van der Waals surface area contributed by atoms with E-state index in [1.807, 2.05) is 5.38 Å². The van der Waals surface area contributed by atoms with Gasteiger partial charge in [0.1, 0.15) is 5.01 Å². The Kier molecular flexibility index (Phi) is 4.40. The van der Waals surface area contributed by atoms with Crippen LogP contribution in [0, 0.1) is 0 Å². The maximum Gasteiger partial charge on any atom is 0.238 e. The number of carbonyl (C=O) groups excluding carboxylic acids is 1. The number of nitrogens with two attached hydrogens (primary N) is 1. The lowest BCUT2D eigenvalue weighted by molar-refractivity contribution is -0.127. The van der Waals surface area contributed by atoms with E-state index in [1.165, 1.54) is 28.4 Å². The van der Waals surface area contributed by atoms with Gasteiger partial charge in [0.05, 0.1) is 17.0 Å². The largest absolute Gasteiger partial charge is 0.348 e. The predicted octanol–water partition coefficient (Wildman–Crippen LogP) is 1.09. The number of rotatable bonds is 4. The molecular weight excluding hydrogens is 310 g/mol. The third-order valence-electron chi connectivity index (χ3n) is 2.83. The van der Waals surface area contributed by atoms with Crippen LogP contribution >= 0.6 is 11.3 Å². The molecule has 2 rings (SSSR count). The van der Waals surface area contributed by atoms with Crippen LogP contribution in [0.2, 0.25) is 0 Å². The zero-order chi connectivity index (χ0) is 15.6. The summed E-state index contributed by atoms with van der Waals surface area (Å²) < 4.78 is 22.4. The lowest BCUT2D eigenvalue weighted by Gasteiger charge is -2.07. The normalized spacial score (nSPS) is 11.4. The summed E-state index contributed by atoms with van der Waals surface area (Å²) in [5, 5.41) is 7.61. The minimum Gasteiger partial charge on any atom is -0.348 e. The summed E-state index contributed by atoms with van der Waals surface area (Å²) >= 11 is 1.40. The Bertz CT molecular complexity index is 749. The van der Waals surface area contributed by atoms with Crippen molar-refractivity contribution in [3.05, 3.63) is 34.7 Å². The average molecular weight is 325 g/mol. The highest BCUT2D eigenvalue weighted by Gasteiger charge is 2.12. The van der Waals surface area contributed by atoms with Crippen molar-refractivity contribution in [3.8, 4) is 11.3 Å². The molecule has 0 atom stereocenters. The van der Waals surface area contributed by atoms with E-state index >= 15 is 0 Å². The molecule has 0 spiro atoms. The lowest BCUT2D eigenvalue weighted by atomic mass is 10.2. The molecule has 112 valence electrons. The van der Waals surface area contributed by atoms with Crippen molar-refractivity contribution in [2.75, 3.05) is 14.1 Å². The molecule has 0 aliphatic carbocycles. The summed E-state index contributed by atoms with van der Waals surface area (Å²) in [6, 6.07) is 6.17. The van der Waals surface area contributed by atoms with Gasteiger partial charge in [-0.25, -0.2) is 18.5 Å². The molecule has 0 aliphatic heterocycles. The van der Waals surface area contributed by atoms with Crippen molar-refractivity contribution in [1.29, 1.82) is 0 Å². The van der Waals surface area contributed by atoms with Gasteiger partial charge in [-0.05, 0) is 12.1 Å². The van der Waals surface area contributed by atoms with Crippen LogP contribution in [-0.4, -0.2) is 38.3 Å². The smallest absolute Gasteiger partial charge is 0.238 e. The molecule has 0 saturated carbocycles. The fourth-order valence-corrected chi connectivity index (χ4v) is 2.94. The second kappa shape index (κ2) is 5.92. The topological polar surface area (TPSA) is 93.4 Å². The van der Waals surface area contributed by atoms with Crippen LogP contribution in [0.1, 0.15) is 5.01 Å². The first kappa shape index (κ1) is 15.6. The van der Waals surface area contributed by atoms with Gasteiger partial charge in [0.15, 0.2) is 0 Å². The number of primary sulfonamides is 1. The van der Waals surface area contributed by atoms with E-state index in [0.29, 0.717) is 5.69 Å². The molecule has 2 N–H and O–H groups in total. The van der Waals surface area contributed by atoms with Gasteiger partial charge in [-0.2, -0.15) is 0 Å². The third kappa shape index (κ3) is 3.87. The van der Waals surface area contributed by atoms with Crippen LogP contribution in [0.15, 0.2) is 34.5 Å². The molecule has 0 bridgehead atoms. The van der Waals surface area contributed by atoms with Gasteiger partial charge in [0.2, 0.25) is 15.9 Å². The molecule has 21 heavy (non-hydrogen) atoms. The van der Waals surface area contributed by atoms with Crippen LogP contribution < -0.4 is 5.14 Å². The standard InChI is InChI=1S/C13H15N3O3S2/c1-16(2)13(17)7-12-15-11(8-20-12)9-3-5-10(6-4-9)21(14,18)19/h3-6,8H,7H2,1-2H3,(H2,14,18,19). The van der Waals surface area contributed by atoms with Gasteiger partial charge >= 0.3 is 0 Å². The van der Waals surface area contributed by atoms with Gasteiger partial charge in [0.25, 0.3) is 0 Å². The molecule has 1 aromatic heterocycles. The zero-order valence-corrected chi connectivity index (χ0v) is 13.2. The minimum absolute atomic E-state index is 0.0135. The third-order valence-corrected chi connectivity index (χ3v) is 4.61. The van der Waals surface area contributed by atoms with Crippen LogP contribution in [-0.2, 0) is 21.2 Å². The van der Waals surface area contributed by atoms with Crippen molar-refractivity contribution >= 4 is 27.3 Å². The summed E-state index contributed by atoms with van der Waals surface area (Å²) in [5.74, 6) is -0.0135. The number of carbonyl (C=O) groups is 1. The molecule has 1 amide bonds. The number of benzene rings is 1. The molecule has 8 heteroatoms. The Morgan fingerprint density at radius 1 is 1.29 bits per heavy atom. The number of aromatic nitrogens is 1. The Morgan fingerprint density at radius 3 is 2.43 bits per heavy atom. The molecule has 6 nitrogen and oxygen atoms in total. The summed E-state index contributed by atoms with van der Waals surface area (Å²) in [6.07, 6.45) is 0.257. The van der Waals surface area contributed by atoms with Crippen molar-refractivity contribution in [3.63, 3.8) is 0 Å². The Balaban J connectivity index is 2.20. The molecular formula is C13H15N3O3S2. The van der Waals surface area contributed by atoms with Crippen molar-refractivity contribution in [1.82, 2.24) is 9.88 Å². The fraction of sp³-hybridized carbons (Fsp3) is 0.231. The van der Waals surface area contributed by atoms with E-state index in [9.17, 15) is 13.2 Å².